The third-order valence-corrected chi connectivity index (χ3v) is 3.51. The van der Waals surface area contributed by atoms with E-state index in [0.717, 1.165) is 45.3 Å². The molecule has 1 saturated heterocycles. The molecule has 0 N–H and O–H groups in total. The number of rotatable bonds is 4. The van der Waals surface area contributed by atoms with E-state index >= 15 is 0 Å². The third kappa shape index (κ3) is 5.81. The van der Waals surface area contributed by atoms with Crippen molar-refractivity contribution >= 4 is 6.09 Å². The van der Waals surface area contributed by atoms with Gasteiger partial charge in [-0.05, 0) is 40.2 Å². The van der Waals surface area contributed by atoms with Crippen molar-refractivity contribution in [1.82, 2.24) is 9.80 Å². The van der Waals surface area contributed by atoms with Gasteiger partial charge in [0.1, 0.15) is 5.60 Å². The van der Waals surface area contributed by atoms with Crippen molar-refractivity contribution in [3.05, 3.63) is 6.92 Å². The minimum atomic E-state index is -0.416. The first-order valence-electron chi connectivity index (χ1n) is 7.31. The summed E-state index contributed by atoms with van der Waals surface area (Å²) in [5, 5.41) is 0. The van der Waals surface area contributed by atoms with Crippen molar-refractivity contribution in [2.75, 3.05) is 26.7 Å². The average molecular weight is 269 g/mol. The zero-order valence-electron chi connectivity index (χ0n) is 12.9. The molecule has 4 nitrogen and oxygen atoms in total. The summed E-state index contributed by atoms with van der Waals surface area (Å²) in [5.41, 5.74) is -0.416. The summed E-state index contributed by atoms with van der Waals surface area (Å²) in [6.07, 6.45) is 4.02. The molecule has 0 bridgehead atoms. The molecule has 0 atom stereocenters. The van der Waals surface area contributed by atoms with E-state index in [1.807, 2.05) is 27.8 Å². The Morgan fingerprint density at radius 2 is 1.95 bits per heavy atom. The van der Waals surface area contributed by atoms with E-state index in [-0.39, 0.29) is 6.09 Å². The zero-order valence-corrected chi connectivity index (χ0v) is 12.9. The minimum absolute atomic E-state index is 0.205. The summed E-state index contributed by atoms with van der Waals surface area (Å²) in [5.74, 6) is 0. The first kappa shape index (κ1) is 16.3. The monoisotopic (exact) mass is 269 g/mol. The number of carbonyl (C=O) groups is 1. The lowest BCUT2D eigenvalue weighted by Gasteiger charge is -2.37. The van der Waals surface area contributed by atoms with E-state index in [2.05, 4.69) is 11.8 Å². The molecule has 0 aromatic carbocycles. The first-order chi connectivity index (χ1) is 8.83. The molecule has 1 fully saturated rings. The SMILES string of the molecule is [CH2-]CCCN1CCC(N(C)C(=O)OC(C)(C)C)CC1. The van der Waals surface area contributed by atoms with Gasteiger partial charge in [0.05, 0.1) is 0 Å². The van der Waals surface area contributed by atoms with Gasteiger partial charge in [0.2, 0.25) is 0 Å². The molecule has 0 saturated carbocycles. The van der Waals surface area contributed by atoms with Gasteiger partial charge in [-0.3, -0.25) is 0 Å². The maximum absolute atomic E-state index is 12.0. The molecule has 1 aliphatic rings. The predicted molar refractivity (Wildman–Crippen MR) is 78.1 cm³/mol. The third-order valence-electron chi connectivity index (χ3n) is 3.51. The molecule has 0 aliphatic carbocycles. The highest BCUT2D eigenvalue weighted by Gasteiger charge is 2.28. The minimum Gasteiger partial charge on any atom is -0.444 e. The van der Waals surface area contributed by atoms with Crippen molar-refractivity contribution in [1.29, 1.82) is 0 Å². The van der Waals surface area contributed by atoms with Gasteiger partial charge in [-0.1, -0.05) is 6.42 Å². The molecular formula is C15H29N2O2-. The van der Waals surface area contributed by atoms with Crippen molar-refractivity contribution in [2.24, 2.45) is 0 Å². The standard InChI is InChI=1S/C15H29N2O2/c1-6-7-10-17-11-8-13(9-12-17)16(5)14(18)19-15(2,3)4/h13H,1,6-12H2,2-5H3/q-1. The maximum atomic E-state index is 12.0. The van der Waals surface area contributed by atoms with Gasteiger partial charge in [-0.2, -0.15) is 6.42 Å². The van der Waals surface area contributed by atoms with Crippen molar-refractivity contribution in [2.45, 2.75) is 58.1 Å². The van der Waals surface area contributed by atoms with Gasteiger partial charge >= 0.3 is 6.09 Å². The van der Waals surface area contributed by atoms with E-state index in [4.69, 9.17) is 4.74 Å². The summed E-state index contributed by atoms with van der Waals surface area (Å²) in [4.78, 5) is 16.2. The van der Waals surface area contributed by atoms with E-state index in [1.165, 1.54) is 0 Å². The Bertz CT molecular complexity index is 278. The number of hydrogen-bond donors (Lipinski definition) is 0. The van der Waals surface area contributed by atoms with E-state index in [0.29, 0.717) is 6.04 Å². The zero-order chi connectivity index (χ0) is 14.5. The highest BCUT2D eigenvalue weighted by Crippen LogP contribution is 2.18. The lowest BCUT2D eigenvalue weighted by atomic mass is 10.0. The molecule has 0 unspecified atom stereocenters. The summed E-state index contributed by atoms with van der Waals surface area (Å²) >= 11 is 0. The predicted octanol–water partition coefficient (Wildman–Crippen LogP) is 2.93. The van der Waals surface area contributed by atoms with Gasteiger partial charge in [-0.15, -0.1) is 0 Å². The van der Waals surface area contributed by atoms with Crippen LogP contribution in [-0.2, 0) is 4.74 Å². The van der Waals surface area contributed by atoms with E-state index in [1.54, 1.807) is 4.90 Å². The van der Waals surface area contributed by atoms with Crippen LogP contribution in [0.25, 0.3) is 0 Å². The Hall–Kier alpha value is -0.770. The van der Waals surface area contributed by atoms with Gasteiger partial charge in [0.15, 0.2) is 0 Å². The smallest absolute Gasteiger partial charge is 0.410 e. The Kier molecular flexibility index (Phi) is 6.11. The fourth-order valence-corrected chi connectivity index (χ4v) is 2.35. The topological polar surface area (TPSA) is 32.8 Å². The molecule has 112 valence electrons. The van der Waals surface area contributed by atoms with Crippen LogP contribution in [0.5, 0.6) is 0 Å². The van der Waals surface area contributed by atoms with Crippen molar-refractivity contribution < 1.29 is 9.53 Å². The second-order valence-corrected chi connectivity index (χ2v) is 6.37. The van der Waals surface area contributed by atoms with Gasteiger partial charge in [0.25, 0.3) is 0 Å². The summed E-state index contributed by atoms with van der Waals surface area (Å²) in [6.45, 7) is 12.8. The summed E-state index contributed by atoms with van der Waals surface area (Å²) < 4.78 is 5.41. The van der Waals surface area contributed by atoms with Crippen LogP contribution in [-0.4, -0.2) is 54.2 Å². The van der Waals surface area contributed by atoms with Crippen LogP contribution in [0.2, 0.25) is 0 Å². The molecule has 1 rings (SSSR count). The van der Waals surface area contributed by atoms with Crippen LogP contribution >= 0.6 is 0 Å². The number of amides is 1. The molecule has 19 heavy (non-hydrogen) atoms. The van der Waals surface area contributed by atoms with Crippen molar-refractivity contribution in [3.8, 4) is 0 Å². The Morgan fingerprint density at radius 1 is 1.37 bits per heavy atom. The highest BCUT2D eigenvalue weighted by molar-refractivity contribution is 5.68. The Balaban J connectivity index is 2.36. The van der Waals surface area contributed by atoms with E-state index in [9.17, 15) is 4.79 Å². The van der Waals surface area contributed by atoms with Crippen LogP contribution in [0.3, 0.4) is 0 Å². The molecule has 0 aromatic rings. The number of likely N-dealkylation sites (tertiary alicyclic amines) is 1. The highest BCUT2D eigenvalue weighted by atomic mass is 16.6. The lowest BCUT2D eigenvalue weighted by Crippen LogP contribution is -2.47. The molecule has 4 heteroatoms. The number of unbranched alkanes of at least 4 members (excludes halogenated alkanes) is 1. The molecule has 0 radical (unpaired) electrons. The summed E-state index contributed by atoms with van der Waals surface area (Å²) in [6, 6.07) is 0.311. The fraction of sp³-hybridized carbons (Fsp3) is 0.867. The normalized spacial score (nSPS) is 18.4. The number of hydrogen-bond acceptors (Lipinski definition) is 3. The van der Waals surface area contributed by atoms with Crippen LogP contribution < -0.4 is 0 Å². The number of carbonyl (C=O) groups excluding carboxylic acids is 1. The van der Waals surface area contributed by atoms with Gasteiger partial charge < -0.3 is 21.5 Å². The Morgan fingerprint density at radius 3 is 2.42 bits per heavy atom. The van der Waals surface area contributed by atoms with Gasteiger partial charge in [0, 0.05) is 26.2 Å². The number of ether oxygens (including phenoxy) is 1. The Labute approximate surface area is 118 Å². The van der Waals surface area contributed by atoms with Crippen LogP contribution in [0.1, 0.15) is 46.5 Å². The maximum Gasteiger partial charge on any atom is 0.410 e. The molecule has 1 aliphatic heterocycles. The summed E-state index contributed by atoms with van der Waals surface area (Å²) in [7, 11) is 1.85. The largest absolute Gasteiger partial charge is 0.444 e. The van der Waals surface area contributed by atoms with Crippen LogP contribution in [0.15, 0.2) is 0 Å². The van der Waals surface area contributed by atoms with E-state index < -0.39 is 5.60 Å². The molecule has 0 aromatic heterocycles. The first-order valence-corrected chi connectivity index (χ1v) is 7.31. The van der Waals surface area contributed by atoms with Crippen LogP contribution in [0.4, 0.5) is 4.79 Å². The molecule has 0 spiro atoms. The average Bonchev–Trinajstić information content (AvgIpc) is 2.34. The molecular weight excluding hydrogens is 240 g/mol. The second-order valence-electron chi connectivity index (χ2n) is 6.37. The second kappa shape index (κ2) is 7.13. The van der Waals surface area contributed by atoms with Gasteiger partial charge in [-0.25, -0.2) is 4.79 Å². The number of nitrogens with zero attached hydrogens (tertiary/aromatic N) is 2. The fourth-order valence-electron chi connectivity index (χ4n) is 2.35. The molecule has 1 heterocycles. The van der Waals surface area contributed by atoms with Crippen molar-refractivity contribution in [3.63, 3.8) is 0 Å². The van der Waals surface area contributed by atoms with Crippen LogP contribution in [0, 0.1) is 6.92 Å². The number of piperidine rings is 1. The quantitative estimate of drug-likeness (QED) is 0.736. The molecule has 1 amide bonds. The lowest BCUT2D eigenvalue weighted by molar-refractivity contribution is 0.0152.